The van der Waals surface area contributed by atoms with Crippen LogP contribution in [0.1, 0.15) is 71.6 Å². The predicted octanol–water partition coefficient (Wildman–Crippen LogP) is 6.83. The number of aromatic hydroxyl groups is 1. The highest BCUT2D eigenvalue weighted by Gasteiger charge is 2.48. The maximum atomic E-state index is 16.2. The van der Waals surface area contributed by atoms with Crippen LogP contribution >= 0.6 is 23.2 Å². The number of carbonyl (C=O) groups is 1. The van der Waals surface area contributed by atoms with Crippen LogP contribution in [-0.2, 0) is 11.3 Å². The smallest absolute Gasteiger partial charge is 0.410 e. The first-order chi connectivity index (χ1) is 21.4. The molecule has 0 saturated carbocycles. The van der Waals surface area contributed by atoms with Crippen molar-refractivity contribution >= 4 is 40.5 Å². The molecule has 46 heavy (non-hydrogen) atoms. The Hall–Kier alpha value is -3.96. The maximum Gasteiger partial charge on any atom is 0.410 e. The van der Waals surface area contributed by atoms with Crippen molar-refractivity contribution < 1.29 is 19.0 Å². The van der Waals surface area contributed by atoms with Crippen molar-refractivity contribution in [3.05, 3.63) is 78.5 Å². The number of hydrogen-bond donors (Lipinski definition) is 1. The van der Waals surface area contributed by atoms with Gasteiger partial charge in [-0.2, -0.15) is 0 Å². The first-order valence-corrected chi connectivity index (χ1v) is 15.7. The number of alkyl halides is 1. The van der Waals surface area contributed by atoms with E-state index in [0.29, 0.717) is 11.4 Å². The van der Waals surface area contributed by atoms with E-state index in [1.165, 1.54) is 21.6 Å². The lowest BCUT2D eigenvalue weighted by atomic mass is 9.96. The molecule has 0 radical (unpaired) electrons. The number of nitrogens with zero attached hydrogens (tertiary/aromatic N) is 5. The van der Waals surface area contributed by atoms with Gasteiger partial charge in [0.1, 0.15) is 11.4 Å². The largest absolute Gasteiger partial charge is 0.507 e. The topological polar surface area (TPSA) is 120 Å². The molecule has 10 nitrogen and oxygen atoms in total. The van der Waals surface area contributed by atoms with Gasteiger partial charge in [-0.05, 0) is 62.4 Å². The number of phenols is 1. The maximum absolute atomic E-state index is 16.2. The molecule has 244 valence electrons. The lowest BCUT2D eigenvalue weighted by Gasteiger charge is -2.44. The number of halogens is 3. The summed E-state index contributed by atoms with van der Waals surface area (Å²) in [6.45, 7) is 11.6. The average Bonchev–Trinajstić information content (AvgIpc) is 2.93. The molecule has 1 fully saturated rings. The van der Waals surface area contributed by atoms with Gasteiger partial charge in [0.25, 0.3) is 0 Å². The Labute approximate surface area is 275 Å². The molecule has 4 heterocycles. The number of benzene rings is 1. The molecule has 1 saturated heterocycles. The molecule has 3 aromatic heterocycles. The Kier molecular flexibility index (Phi) is 8.72. The minimum Gasteiger partial charge on any atom is -0.507 e. The number of pyridine rings is 2. The Morgan fingerprint density at radius 3 is 2.33 bits per heavy atom. The molecular formula is C33H36Cl2FN5O5. The van der Waals surface area contributed by atoms with E-state index < -0.39 is 35.0 Å². The number of ether oxygens (including phenoxy) is 1. The van der Waals surface area contributed by atoms with Crippen LogP contribution in [0.4, 0.5) is 9.18 Å². The van der Waals surface area contributed by atoms with Gasteiger partial charge in [-0.15, -0.1) is 0 Å². The van der Waals surface area contributed by atoms with Crippen molar-refractivity contribution in [2.45, 2.75) is 78.1 Å². The molecule has 4 aromatic rings. The van der Waals surface area contributed by atoms with Crippen LogP contribution in [-0.4, -0.2) is 59.6 Å². The summed E-state index contributed by atoms with van der Waals surface area (Å²) in [5.41, 5.74) is -2.84. The quantitative estimate of drug-likeness (QED) is 0.223. The third-order valence-corrected chi connectivity index (χ3v) is 8.32. The summed E-state index contributed by atoms with van der Waals surface area (Å²) in [6, 6.07) is 7.73. The number of aromatic nitrogens is 4. The van der Waals surface area contributed by atoms with E-state index in [1.807, 2.05) is 27.7 Å². The Morgan fingerprint density at radius 2 is 1.74 bits per heavy atom. The van der Waals surface area contributed by atoms with Crippen molar-refractivity contribution in [3.8, 4) is 22.7 Å². The lowest BCUT2D eigenvalue weighted by Crippen LogP contribution is -2.64. The molecular weight excluding hydrogens is 636 g/mol. The zero-order valence-corrected chi connectivity index (χ0v) is 28.2. The molecule has 1 N–H and O–H groups in total. The van der Waals surface area contributed by atoms with Gasteiger partial charge >= 0.3 is 17.2 Å². The molecule has 1 aliphatic heterocycles. The zero-order chi connectivity index (χ0) is 33.9. The van der Waals surface area contributed by atoms with Gasteiger partial charge in [0.2, 0.25) is 0 Å². The summed E-state index contributed by atoms with van der Waals surface area (Å²) >= 11 is 13.2. The fraction of sp³-hybridized carbons (Fsp3) is 0.424. The lowest BCUT2D eigenvalue weighted by molar-refractivity contribution is -0.0578. The summed E-state index contributed by atoms with van der Waals surface area (Å²) in [6.07, 6.45) is 0.973. The second kappa shape index (κ2) is 12.0. The zero-order valence-electron chi connectivity index (χ0n) is 26.7. The Bertz CT molecular complexity index is 1930. The molecule has 13 heteroatoms. The monoisotopic (exact) mass is 671 g/mol. The molecule has 0 bridgehead atoms. The van der Waals surface area contributed by atoms with E-state index in [0.717, 1.165) is 10.1 Å². The van der Waals surface area contributed by atoms with Gasteiger partial charge < -0.3 is 14.7 Å². The van der Waals surface area contributed by atoms with Crippen molar-refractivity contribution in [1.29, 1.82) is 0 Å². The van der Waals surface area contributed by atoms with Crippen LogP contribution < -0.4 is 11.1 Å². The number of amides is 1. The second-order valence-electron chi connectivity index (χ2n) is 13.3. The SMILES string of the molecule is CC(C)c1ccnc(C(C)C)c1-n1c(=O)c(=O)n(CC2(F)CN(C(=O)OC(C)(C)C)C2)c2cc(Cl)c(-c3c(O)cccc3Cl)nc21. The van der Waals surface area contributed by atoms with Gasteiger partial charge in [-0.3, -0.25) is 23.7 Å². The Balaban J connectivity index is 1.79. The van der Waals surface area contributed by atoms with E-state index in [9.17, 15) is 19.5 Å². The van der Waals surface area contributed by atoms with E-state index in [4.69, 9.17) is 32.9 Å². The van der Waals surface area contributed by atoms with Gasteiger partial charge in [0, 0.05) is 6.20 Å². The highest BCUT2D eigenvalue weighted by Crippen LogP contribution is 2.40. The minimum atomic E-state index is -2.04. The van der Waals surface area contributed by atoms with Gasteiger partial charge in [-0.25, -0.2) is 14.2 Å². The fourth-order valence-electron chi connectivity index (χ4n) is 5.63. The number of fused-ring (bicyclic) bond motifs is 1. The molecule has 1 amide bonds. The van der Waals surface area contributed by atoms with Crippen molar-refractivity contribution in [2.75, 3.05) is 13.1 Å². The molecule has 5 rings (SSSR count). The molecule has 0 unspecified atom stereocenters. The van der Waals surface area contributed by atoms with Gasteiger partial charge in [-0.1, -0.05) is 57.0 Å². The fourth-order valence-corrected chi connectivity index (χ4v) is 6.13. The van der Waals surface area contributed by atoms with E-state index in [-0.39, 0.29) is 63.1 Å². The van der Waals surface area contributed by atoms with Crippen LogP contribution in [0.25, 0.3) is 28.1 Å². The molecule has 1 aliphatic rings. The van der Waals surface area contributed by atoms with Crippen molar-refractivity contribution in [3.63, 3.8) is 0 Å². The summed E-state index contributed by atoms with van der Waals surface area (Å²) in [4.78, 5) is 51.2. The molecule has 0 aliphatic carbocycles. The number of hydrogen-bond acceptors (Lipinski definition) is 7. The minimum absolute atomic E-state index is 0.00509. The van der Waals surface area contributed by atoms with E-state index >= 15 is 4.39 Å². The van der Waals surface area contributed by atoms with Gasteiger partial charge in [0.05, 0.1) is 57.8 Å². The molecule has 0 spiro atoms. The van der Waals surface area contributed by atoms with Crippen LogP contribution in [0.2, 0.25) is 10.0 Å². The first kappa shape index (κ1) is 33.4. The highest BCUT2D eigenvalue weighted by atomic mass is 35.5. The van der Waals surface area contributed by atoms with E-state index in [2.05, 4.69) is 4.98 Å². The normalized spacial score (nSPS) is 14.7. The number of carbonyl (C=O) groups excluding carboxylic acids is 1. The molecule has 1 aromatic carbocycles. The third kappa shape index (κ3) is 6.10. The summed E-state index contributed by atoms with van der Waals surface area (Å²) in [5, 5.41) is 10.9. The van der Waals surface area contributed by atoms with Crippen molar-refractivity contribution in [1.82, 2.24) is 24.0 Å². The number of rotatable bonds is 6. The van der Waals surface area contributed by atoms with Crippen LogP contribution in [0.3, 0.4) is 0 Å². The van der Waals surface area contributed by atoms with Crippen LogP contribution in [0.5, 0.6) is 5.75 Å². The summed E-state index contributed by atoms with van der Waals surface area (Å²) in [5.74, 6) is -0.433. The van der Waals surface area contributed by atoms with Crippen LogP contribution in [0.15, 0.2) is 46.1 Å². The standard InChI is InChI=1S/C33H36Cl2FN5O5/c1-17(2)19-11-12-37-25(18(3)4)27(19)41-28-22(13-21(35)26(38-28)24-20(34)9-8-10-23(24)42)40(29(43)30(41)44)16-33(36)14-39(15-33)31(45)46-32(5,6)7/h8-13,17-18,42H,14-16H2,1-7H3. The third-order valence-electron chi connectivity index (χ3n) is 7.72. The molecule has 0 atom stereocenters. The summed E-state index contributed by atoms with van der Waals surface area (Å²) < 4.78 is 23.7. The first-order valence-electron chi connectivity index (χ1n) is 14.9. The Morgan fingerprint density at radius 1 is 1.07 bits per heavy atom. The highest BCUT2D eigenvalue weighted by molar-refractivity contribution is 6.37. The van der Waals surface area contributed by atoms with E-state index in [1.54, 1.807) is 45.2 Å². The second-order valence-corrected chi connectivity index (χ2v) is 14.1. The van der Waals surface area contributed by atoms with Gasteiger partial charge in [0.15, 0.2) is 11.3 Å². The number of likely N-dealkylation sites (tertiary alicyclic amines) is 1. The number of phenolic OH excluding ortho intramolecular Hbond substituents is 1. The summed E-state index contributed by atoms with van der Waals surface area (Å²) in [7, 11) is 0. The van der Waals surface area contributed by atoms with Crippen molar-refractivity contribution in [2.24, 2.45) is 0 Å². The average molecular weight is 673 g/mol. The predicted molar refractivity (Wildman–Crippen MR) is 176 cm³/mol. The van der Waals surface area contributed by atoms with Crippen LogP contribution in [0, 0.1) is 0 Å².